The second kappa shape index (κ2) is 10.5. The maximum absolute atomic E-state index is 13.2. The Kier molecular flexibility index (Phi) is 7.96. The van der Waals surface area contributed by atoms with Crippen LogP contribution < -0.4 is 19.7 Å². The maximum atomic E-state index is 13.2. The van der Waals surface area contributed by atoms with Crippen LogP contribution in [-0.2, 0) is 19.1 Å². The predicted molar refractivity (Wildman–Crippen MR) is 131 cm³/mol. The molecule has 8 nitrogen and oxygen atoms in total. The van der Waals surface area contributed by atoms with Gasteiger partial charge in [0.2, 0.25) is 0 Å². The molecule has 2 amide bonds. The number of thiocarbonyl (C=S) groups is 1. The van der Waals surface area contributed by atoms with Gasteiger partial charge in [-0.25, -0.2) is 4.79 Å². The van der Waals surface area contributed by atoms with Crippen molar-refractivity contribution in [2.45, 2.75) is 0 Å². The number of carbonyl (C=O) groups is 3. The lowest BCUT2D eigenvalue weighted by Crippen LogP contribution is -2.54. The van der Waals surface area contributed by atoms with Crippen LogP contribution in [0.15, 0.2) is 40.4 Å². The van der Waals surface area contributed by atoms with E-state index in [1.165, 1.54) is 26.4 Å². The van der Waals surface area contributed by atoms with Crippen LogP contribution in [0.4, 0.5) is 5.69 Å². The van der Waals surface area contributed by atoms with Gasteiger partial charge in [-0.3, -0.25) is 19.8 Å². The Hall–Kier alpha value is -2.66. The van der Waals surface area contributed by atoms with Gasteiger partial charge in [0.05, 0.1) is 34.4 Å². The molecule has 1 aliphatic rings. The fourth-order valence-corrected chi connectivity index (χ4v) is 4.09. The van der Waals surface area contributed by atoms with E-state index in [1.807, 2.05) is 0 Å². The summed E-state index contributed by atoms with van der Waals surface area (Å²) >= 11 is 20.9. The number of nitrogens with zero attached hydrogens (tertiary/aromatic N) is 1. The van der Waals surface area contributed by atoms with Gasteiger partial charge < -0.3 is 14.2 Å². The molecular weight excluding hydrogens is 559 g/mol. The second-order valence-corrected chi connectivity index (χ2v) is 8.46. The summed E-state index contributed by atoms with van der Waals surface area (Å²) in [7, 11) is 2.65. The van der Waals surface area contributed by atoms with Gasteiger partial charge in [-0.15, -0.1) is 0 Å². The molecule has 3 rings (SSSR count). The number of esters is 1. The number of ether oxygens (including phenoxy) is 3. The number of hydrogen-bond acceptors (Lipinski definition) is 7. The third kappa shape index (κ3) is 5.30. The van der Waals surface area contributed by atoms with Crippen LogP contribution in [0.2, 0.25) is 10.0 Å². The summed E-state index contributed by atoms with van der Waals surface area (Å²) in [4.78, 5) is 38.3. The Labute approximate surface area is 212 Å². The first-order valence-electron chi connectivity index (χ1n) is 9.10. The highest BCUT2D eigenvalue weighted by molar-refractivity contribution is 9.10. The molecule has 2 aromatic carbocycles. The zero-order chi connectivity index (χ0) is 24.3. The molecule has 172 valence electrons. The number of benzene rings is 2. The molecule has 0 saturated carbocycles. The van der Waals surface area contributed by atoms with Gasteiger partial charge in [0.15, 0.2) is 23.2 Å². The average Bonchev–Trinajstić information content (AvgIpc) is 2.77. The minimum absolute atomic E-state index is 0.113. The van der Waals surface area contributed by atoms with E-state index in [0.29, 0.717) is 10.0 Å². The molecule has 0 aliphatic carbocycles. The zero-order valence-electron chi connectivity index (χ0n) is 17.1. The van der Waals surface area contributed by atoms with Crippen molar-refractivity contribution in [3.05, 3.63) is 56.0 Å². The SMILES string of the molecule is COC(=O)COc1c(Br)cc(/C=C2\C(=O)NC(=S)N(c3cccc(Cl)c3Cl)C2=O)cc1OC. The molecular formula is C21H15BrCl2N2O6S. The minimum Gasteiger partial charge on any atom is -0.493 e. The Morgan fingerprint density at radius 2 is 1.97 bits per heavy atom. The largest absolute Gasteiger partial charge is 0.493 e. The van der Waals surface area contributed by atoms with E-state index in [0.717, 1.165) is 4.90 Å². The lowest BCUT2D eigenvalue weighted by molar-refractivity contribution is -0.143. The van der Waals surface area contributed by atoms with Crippen molar-refractivity contribution in [3.63, 3.8) is 0 Å². The fourth-order valence-electron chi connectivity index (χ4n) is 2.86. The van der Waals surface area contributed by atoms with Crippen molar-refractivity contribution in [3.8, 4) is 11.5 Å². The standard InChI is InChI=1S/C21H15BrCl2N2O6S/c1-30-15-8-10(7-12(22)18(15)32-9-16(27)31-2)6-11-19(28)25-21(33)26(20(11)29)14-5-3-4-13(23)17(14)24/h3-8H,9H2,1-2H3,(H,25,28,33)/b11-6+. The van der Waals surface area contributed by atoms with Crippen molar-refractivity contribution >= 4 is 86.0 Å². The Morgan fingerprint density at radius 1 is 1.24 bits per heavy atom. The van der Waals surface area contributed by atoms with Crippen molar-refractivity contribution in [2.24, 2.45) is 0 Å². The first-order chi connectivity index (χ1) is 15.7. The van der Waals surface area contributed by atoms with Crippen LogP contribution in [0.1, 0.15) is 5.56 Å². The third-order valence-electron chi connectivity index (χ3n) is 4.40. The van der Waals surface area contributed by atoms with E-state index in [9.17, 15) is 14.4 Å². The number of carbonyl (C=O) groups excluding carboxylic acids is 3. The number of rotatable bonds is 6. The fraction of sp³-hybridized carbons (Fsp3) is 0.143. The summed E-state index contributed by atoms with van der Waals surface area (Å²) in [6.45, 7) is -0.334. The Balaban J connectivity index is 2.00. The van der Waals surface area contributed by atoms with Gasteiger partial charge in [0.1, 0.15) is 5.57 Å². The van der Waals surface area contributed by atoms with Crippen LogP contribution in [0, 0.1) is 0 Å². The van der Waals surface area contributed by atoms with E-state index in [1.54, 1.807) is 24.3 Å². The number of hydrogen-bond donors (Lipinski definition) is 1. The summed E-state index contributed by atoms with van der Waals surface area (Å²) in [5.74, 6) is -1.43. The molecule has 33 heavy (non-hydrogen) atoms. The molecule has 0 radical (unpaired) electrons. The highest BCUT2D eigenvalue weighted by Gasteiger charge is 2.35. The summed E-state index contributed by atoms with van der Waals surface area (Å²) in [5, 5.41) is 2.69. The number of amides is 2. The molecule has 0 spiro atoms. The molecule has 12 heteroatoms. The van der Waals surface area contributed by atoms with Gasteiger partial charge in [0.25, 0.3) is 11.8 Å². The molecule has 1 heterocycles. The highest BCUT2D eigenvalue weighted by Crippen LogP contribution is 2.38. The molecule has 0 aromatic heterocycles. The first-order valence-corrected chi connectivity index (χ1v) is 11.1. The van der Waals surface area contributed by atoms with Crippen molar-refractivity contribution in [1.29, 1.82) is 0 Å². The number of nitrogens with one attached hydrogen (secondary N) is 1. The van der Waals surface area contributed by atoms with E-state index >= 15 is 0 Å². The lowest BCUT2D eigenvalue weighted by atomic mass is 10.1. The van der Waals surface area contributed by atoms with Crippen LogP contribution in [0.3, 0.4) is 0 Å². The molecule has 1 fully saturated rings. The molecule has 0 bridgehead atoms. The summed E-state index contributed by atoms with van der Waals surface area (Å²) in [6.07, 6.45) is 1.36. The van der Waals surface area contributed by atoms with Gasteiger partial charge in [0, 0.05) is 0 Å². The predicted octanol–water partition coefficient (Wildman–Crippen LogP) is 4.15. The van der Waals surface area contributed by atoms with Gasteiger partial charge in [-0.1, -0.05) is 29.3 Å². The van der Waals surface area contributed by atoms with Crippen LogP contribution >= 0.6 is 51.3 Å². The number of anilines is 1. The van der Waals surface area contributed by atoms with Gasteiger partial charge >= 0.3 is 5.97 Å². The summed E-state index contributed by atoms with van der Waals surface area (Å²) in [6, 6.07) is 7.85. The van der Waals surface area contributed by atoms with Crippen molar-refractivity contribution in [1.82, 2.24) is 5.32 Å². The quantitative estimate of drug-likeness (QED) is 0.240. The Bertz CT molecular complexity index is 1200. The van der Waals surface area contributed by atoms with E-state index in [2.05, 4.69) is 26.0 Å². The average molecular weight is 574 g/mol. The molecule has 1 aliphatic heterocycles. The van der Waals surface area contributed by atoms with Crippen LogP contribution in [-0.4, -0.2) is 43.7 Å². The van der Waals surface area contributed by atoms with E-state index in [-0.39, 0.29) is 44.5 Å². The molecule has 2 aromatic rings. The normalized spacial score (nSPS) is 14.9. The maximum Gasteiger partial charge on any atom is 0.343 e. The number of methoxy groups -OCH3 is 2. The molecule has 0 atom stereocenters. The van der Waals surface area contributed by atoms with Crippen LogP contribution in [0.5, 0.6) is 11.5 Å². The first kappa shape index (κ1) is 25.0. The summed E-state index contributed by atoms with van der Waals surface area (Å²) < 4.78 is 15.8. The third-order valence-corrected chi connectivity index (χ3v) is 6.08. The second-order valence-electron chi connectivity index (χ2n) is 6.43. The summed E-state index contributed by atoms with van der Waals surface area (Å²) in [5.41, 5.74) is 0.472. The topological polar surface area (TPSA) is 94.2 Å². The van der Waals surface area contributed by atoms with Gasteiger partial charge in [-0.05, 0) is 64.1 Å². The van der Waals surface area contributed by atoms with Crippen molar-refractivity contribution in [2.75, 3.05) is 25.7 Å². The van der Waals surface area contributed by atoms with Crippen molar-refractivity contribution < 1.29 is 28.6 Å². The molecule has 1 saturated heterocycles. The van der Waals surface area contributed by atoms with Gasteiger partial charge in [-0.2, -0.15) is 0 Å². The highest BCUT2D eigenvalue weighted by atomic mass is 79.9. The zero-order valence-corrected chi connectivity index (χ0v) is 21.0. The monoisotopic (exact) mass is 572 g/mol. The smallest absolute Gasteiger partial charge is 0.343 e. The molecule has 1 N–H and O–H groups in total. The van der Waals surface area contributed by atoms with E-state index in [4.69, 9.17) is 44.9 Å². The van der Waals surface area contributed by atoms with Crippen LogP contribution in [0.25, 0.3) is 6.08 Å². The Morgan fingerprint density at radius 3 is 2.64 bits per heavy atom. The molecule has 0 unspecified atom stereocenters. The lowest BCUT2D eigenvalue weighted by Gasteiger charge is -2.29. The number of halogens is 3. The van der Waals surface area contributed by atoms with E-state index < -0.39 is 17.8 Å². The minimum atomic E-state index is -0.686.